The van der Waals surface area contributed by atoms with Crippen LogP contribution in [0, 0.1) is 5.92 Å². The molecule has 0 radical (unpaired) electrons. The van der Waals surface area contributed by atoms with Gasteiger partial charge in [0.15, 0.2) is 0 Å². The van der Waals surface area contributed by atoms with Crippen LogP contribution in [0.1, 0.15) is 19.4 Å². The average molecular weight is 279 g/mol. The van der Waals surface area contributed by atoms with Crippen molar-refractivity contribution in [3.05, 3.63) is 23.8 Å². The van der Waals surface area contributed by atoms with E-state index in [0.717, 1.165) is 11.3 Å². The Bertz CT molecular complexity index is 447. The third-order valence-electron chi connectivity index (χ3n) is 2.87. The Kier molecular flexibility index (Phi) is 6.31. The van der Waals surface area contributed by atoms with Crippen LogP contribution in [0.3, 0.4) is 0 Å². The first-order valence-electron chi connectivity index (χ1n) is 6.80. The second kappa shape index (κ2) is 7.75. The minimum Gasteiger partial charge on any atom is -0.496 e. The molecule has 0 bridgehead atoms. The van der Waals surface area contributed by atoms with E-state index >= 15 is 0 Å². The maximum absolute atomic E-state index is 11.8. The van der Waals surface area contributed by atoms with Crippen molar-refractivity contribution in [3.8, 4) is 5.75 Å². The largest absolute Gasteiger partial charge is 0.496 e. The summed E-state index contributed by atoms with van der Waals surface area (Å²) in [4.78, 5) is 13.7. The molecule has 1 aromatic rings. The second-order valence-electron chi connectivity index (χ2n) is 5.44. The zero-order valence-corrected chi connectivity index (χ0v) is 12.8. The molecule has 1 amide bonds. The molecule has 0 spiro atoms. The van der Waals surface area contributed by atoms with Crippen molar-refractivity contribution in [1.82, 2.24) is 10.2 Å². The van der Waals surface area contributed by atoms with Crippen molar-refractivity contribution in [1.29, 1.82) is 0 Å². The highest BCUT2D eigenvalue weighted by atomic mass is 16.5. The Morgan fingerprint density at radius 3 is 2.75 bits per heavy atom. The predicted molar refractivity (Wildman–Crippen MR) is 81.6 cm³/mol. The lowest BCUT2D eigenvalue weighted by Crippen LogP contribution is -2.36. The molecule has 5 heteroatoms. The molecule has 0 aliphatic heterocycles. The van der Waals surface area contributed by atoms with Gasteiger partial charge in [0.25, 0.3) is 0 Å². The SMILES string of the molecule is COc1cc(N)ccc1CN(C)CC(=O)NCC(C)C. The van der Waals surface area contributed by atoms with Crippen LogP contribution in [-0.4, -0.2) is 38.1 Å². The fourth-order valence-corrected chi connectivity index (χ4v) is 1.86. The summed E-state index contributed by atoms with van der Waals surface area (Å²) < 4.78 is 5.30. The van der Waals surface area contributed by atoms with Crippen molar-refractivity contribution >= 4 is 11.6 Å². The second-order valence-corrected chi connectivity index (χ2v) is 5.44. The third-order valence-corrected chi connectivity index (χ3v) is 2.87. The molecule has 20 heavy (non-hydrogen) atoms. The molecule has 0 heterocycles. The van der Waals surface area contributed by atoms with Crippen molar-refractivity contribution in [2.45, 2.75) is 20.4 Å². The van der Waals surface area contributed by atoms with Crippen LogP contribution in [0.5, 0.6) is 5.75 Å². The lowest BCUT2D eigenvalue weighted by molar-refractivity contribution is -0.122. The molecule has 0 unspecified atom stereocenters. The number of rotatable bonds is 7. The molecular weight excluding hydrogens is 254 g/mol. The lowest BCUT2D eigenvalue weighted by atomic mass is 10.1. The van der Waals surface area contributed by atoms with E-state index in [1.165, 1.54) is 0 Å². The number of carbonyl (C=O) groups is 1. The van der Waals surface area contributed by atoms with Crippen LogP contribution >= 0.6 is 0 Å². The van der Waals surface area contributed by atoms with Crippen LogP contribution in [0.4, 0.5) is 5.69 Å². The molecule has 1 rings (SSSR count). The standard InChI is InChI=1S/C15H25N3O2/c1-11(2)8-17-15(19)10-18(3)9-12-5-6-13(16)7-14(12)20-4/h5-7,11H,8-10,16H2,1-4H3,(H,17,19). The van der Waals surface area contributed by atoms with Gasteiger partial charge in [-0.25, -0.2) is 0 Å². The fourth-order valence-electron chi connectivity index (χ4n) is 1.86. The number of benzene rings is 1. The van der Waals surface area contributed by atoms with E-state index in [9.17, 15) is 4.79 Å². The molecule has 112 valence electrons. The Hall–Kier alpha value is -1.75. The molecular formula is C15H25N3O2. The fraction of sp³-hybridized carbons (Fsp3) is 0.533. The third kappa shape index (κ3) is 5.48. The Labute approximate surface area is 121 Å². The van der Waals surface area contributed by atoms with E-state index in [0.29, 0.717) is 31.2 Å². The quantitative estimate of drug-likeness (QED) is 0.742. The molecule has 0 aliphatic carbocycles. The molecule has 5 nitrogen and oxygen atoms in total. The predicted octanol–water partition coefficient (Wildman–Crippen LogP) is 1.48. The summed E-state index contributed by atoms with van der Waals surface area (Å²) in [5, 5.41) is 2.90. The number of hydrogen-bond acceptors (Lipinski definition) is 4. The van der Waals surface area contributed by atoms with Crippen LogP contribution < -0.4 is 15.8 Å². The van der Waals surface area contributed by atoms with E-state index in [-0.39, 0.29) is 5.91 Å². The number of nitrogens with one attached hydrogen (secondary N) is 1. The number of amides is 1. The lowest BCUT2D eigenvalue weighted by Gasteiger charge is -2.18. The number of nitrogens with two attached hydrogens (primary N) is 1. The minimum atomic E-state index is 0.0376. The monoisotopic (exact) mass is 279 g/mol. The summed E-state index contributed by atoms with van der Waals surface area (Å²) >= 11 is 0. The molecule has 0 fully saturated rings. The van der Waals surface area contributed by atoms with Crippen LogP contribution in [0.25, 0.3) is 0 Å². The van der Waals surface area contributed by atoms with Crippen molar-refractivity contribution in [2.75, 3.05) is 33.0 Å². The smallest absolute Gasteiger partial charge is 0.234 e. The Morgan fingerprint density at radius 1 is 1.45 bits per heavy atom. The highest BCUT2D eigenvalue weighted by Crippen LogP contribution is 2.22. The number of nitrogen functional groups attached to an aromatic ring is 1. The first kappa shape index (κ1) is 16.3. The van der Waals surface area contributed by atoms with Crippen molar-refractivity contribution < 1.29 is 9.53 Å². The first-order chi connectivity index (χ1) is 9.42. The number of ether oxygens (including phenoxy) is 1. The first-order valence-corrected chi connectivity index (χ1v) is 6.80. The van der Waals surface area contributed by atoms with Crippen LogP contribution in [0.15, 0.2) is 18.2 Å². The zero-order chi connectivity index (χ0) is 15.1. The van der Waals surface area contributed by atoms with Gasteiger partial charge < -0.3 is 15.8 Å². The molecule has 0 atom stereocenters. The molecule has 0 aromatic heterocycles. The molecule has 0 saturated heterocycles. The number of carbonyl (C=O) groups excluding carboxylic acids is 1. The van der Waals surface area contributed by atoms with Crippen molar-refractivity contribution in [3.63, 3.8) is 0 Å². The maximum atomic E-state index is 11.8. The zero-order valence-electron chi connectivity index (χ0n) is 12.8. The van der Waals surface area contributed by atoms with Gasteiger partial charge in [0.05, 0.1) is 13.7 Å². The number of likely N-dealkylation sites (N-methyl/N-ethyl adjacent to an activating group) is 1. The van der Waals surface area contributed by atoms with E-state index in [1.54, 1.807) is 13.2 Å². The number of hydrogen-bond donors (Lipinski definition) is 2. The summed E-state index contributed by atoms with van der Waals surface area (Å²) in [7, 11) is 3.53. The van der Waals surface area contributed by atoms with Gasteiger partial charge in [-0.05, 0) is 19.0 Å². The van der Waals surface area contributed by atoms with Gasteiger partial charge in [-0.1, -0.05) is 19.9 Å². The highest BCUT2D eigenvalue weighted by Gasteiger charge is 2.10. The van der Waals surface area contributed by atoms with Gasteiger partial charge in [0.1, 0.15) is 5.75 Å². The average Bonchev–Trinajstić information content (AvgIpc) is 2.38. The van der Waals surface area contributed by atoms with Gasteiger partial charge >= 0.3 is 0 Å². The summed E-state index contributed by atoms with van der Waals surface area (Å²) in [6.45, 7) is 5.85. The van der Waals surface area contributed by atoms with E-state index in [1.807, 2.05) is 24.1 Å². The Balaban J connectivity index is 2.53. The summed E-state index contributed by atoms with van der Waals surface area (Å²) in [5.74, 6) is 1.25. The summed E-state index contributed by atoms with van der Waals surface area (Å²) in [6, 6.07) is 5.56. The van der Waals surface area contributed by atoms with Crippen molar-refractivity contribution in [2.24, 2.45) is 5.92 Å². The van der Waals surface area contributed by atoms with Gasteiger partial charge in [-0.3, -0.25) is 9.69 Å². The van der Waals surface area contributed by atoms with Gasteiger partial charge in [-0.15, -0.1) is 0 Å². The van der Waals surface area contributed by atoms with Gasteiger partial charge in [-0.2, -0.15) is 0 Å². The maximum Gasteiger partial charge on any atom is 0.234 e. The van der Waals surface area contributed by atoms with Gasteiger partial charge in [0, 0.05) is 30.4 Å². The van der Waals surface area contributed by atoms with E-state index in [2.05, 4.69) is 19.2 Å². The van der Waals surface area contributed by atoms with Gasteiger partial charge in [0.2, 0.25) is 5.91 Å². The van der Waals surface area contributed by atoms with E-state index in [4.69, 9.17) is 10.5 Å². The topological polar surface area (TPSA) is 67.6 Å². The van der Waals surface area contributed by atoms with E-state index < -0.39 is 0 Å². The van der Waals surface area contributed by atoms with Crippen LogP contribution in [-0.2, 0) is 11.3 Å². The Morgan fingerprint density at radius 2 is 2.15 bits per heavy atom. The molecule has 1 aromatic carbocycles. The molecule has 3 N–H and O–H groups in total. The number of anilines is 1. The molecule has 0 aliphatic rings. The summed E-state index contributed by atoms with van der Waals surface area (Å²) in [6.07, 6.45) is 0. The number of methoxy groups -OCH3 is 1. The highest BCUT2D eigenvalue weighted by molar-refractivity contribution is 5.77. The van der Waals surface area contributed by atoms with Crippen LogP contribution in [0.2, 0.25) is 0 Å². The number of nitrogens with zero attached hydrogens (tertiary/aromatic N) is 1. The minimum absolute atomic E-state index is 0.0376. The normalized spacial score (nSPS) is 10.9. The summed E-state index contributed by atoms with van der Waals surface area (Å²) in [5.41, 5.74) is 7.41. The molecule has 0 saturated carbocycles.